The van der Waals surface area contributed by atoms with E-state index in [-0.39, 0.29) is 6.17 Å². The molecule has 1 aliphatic rings. The summed E-state index contributed by atoms with van der Waals surface area (Å²) in [5.74, 6) is 1.44. The first-order valence-corrected chi connectivity index (χ1v) is 18.6. The molecular weight excluding hydrogens is 663 g/mol. The standard InChI is InChI=1S/C45H27N3OS2/c1-2-11-26(12-3-1)43-46-44(48-45(47-43)35-20-10-18-33-30-14-5-7-22-39(30)51-42(33)35)34-19-9-16-31-36-25-27(23-24-37(36)49-40(31)34)28-15-8-17-32-29-13-4-6-21-38(29)50-41(28)32/h1-25,45H,(H,46,47,48). The molecule has 3 aromatic heterocycles. The lowest BCUT2D eigenvalue weighted by Crippen LogP contribution is -2.33. The van der Waals surface area contributed by atoms with Crippen molar-refractivity contribution in [2.24, 2.45) is 9.98 Å². The summed E-state index contributed by atoms with van der Waals surface area (Å²) in [5.41, 5.74) is 7.06. The highest BCUT2D eigenvalue weighted by Crippen LogP contribution is 2.43. The van der Waals surface area contributed by atoms with Gasteiger partial charge in [0.2, 0.25) is 0 Å². The zero-order valence-electron chi connectivity index (χ0n) is 27.1. The Balaban J connectivity index is 1.08. The maximum atomic E-state index is 6.69. The predicted molar refractivity (Wildman–Crippen MR) is 217 cm³/mol. The van der Waals surface area contributed by atoms with Gasteiger partial charge in [-0.3, -0.25) is 0 Å². The molecule has 1 aliphatic heterocycles. The van der Waals surface area contributed by atoms with Crippen LogP contribution in [0.2, 0.25) is 0 Å². The van der Waals surface area contributed by atoms with Gasteiger partial charge in [0.1, 0.15) is 23.2 Å². The van der Waals surface area contributed by atoms with E-state index in [9.17, 15) is 0 Å². The van der Waals surface area contributed by atoms with E-state index in [0.717, 1.165) is 44.5 Å². The minimum atomic E-state index is -0.336. The van der Waals surface area contributed by atoms with Crippen molar-refractivity contribution in [3.05, 3.63) is 168 Å². The number of amidine groups is 2. The molecule has 7 aromatic carbocycles. The Hall–Kier alpha value is -6.08. The summed E-state index contributed by atoms with van der Waals surface area (Å²) in [5, 5.41) is 10.9. The molecule has 4 nitrogen and oxygen atoms in total. The quantitative estimate of drug-likeness (QED) is 0.200. The van der Waals surface area contributed by atoms with E-state index in [1.165, 1.54) is 51.5 Å². The molecule has 11 rings (SSSR count). The molecular formula is C45H27N3OS2. The summed E-state index contributed by atoms with van der Waals surface area (Å²) in [7, 11) is 0. The second-order valence-electron chi connectivity index (χ2n) is 12.9. The Bertz CT molecular complexity index is 3070. The van der Waals surface area contributed by atoms with Crippen molar-refractivity contribution >= 4 is 96.6 Å². The Morgan fingerprint density at radius 1 is 0.510 bits per heavy atom. The van der Waals surface area contributed by atoms with Gasteiger partial charge < -0.3 is 9.73 Å². The fourth-order valence-electron chi connectivity index (χ4n) is 7.57. The van der Waals surface area contributed by atoms with Gasteiger partial charge in [-0.15, -0.1) is 22.7 Å². The van der Waals surface area contributed by atoms with E-state index >= 15 is 0 Å². The van der Waals surface area contributed by atoms with Crippen LogP contribution >= 0.6 is 22.7 Å². The third-order valence-electron chi connectivity index (χ3n) is 9.97. The van der Waals surface area contributed by atoms with Crippen molar-refractivity contribution in [3.8, 4) is 11.1 Å². The largest absolute Gasteiger partial charge is 0.455 e. The van der Waals surface area contributed by atoms with Crippen molar-refractivity contribution in [2.75, 3.05) is 0 Å². The Labute approximate surface area is 300 Å². The molecule has 51 heavy (non-hydrogen) atoms. The molecule has 0 bridgehead atoms. The zero-order valence-corrected chi connectivity index (χ0v) is 28.8. The molecule has 4 heterocycles. The molecule has 1 unspecified atom stereocenters. The summed E-state index contributed by atoms with van der Waals surface area (Å²) in [6, 6.07) is 53.6. The van der Waals surface area contributed by atoms with E-state index in [0.29, 0.717) is 5.84 Å². The smallest absolute Gasteiger partial charge is 0.163 e. The summed E-state index contributed by atoms with van der Waals surface area (Å²) < 4.78 is 11.8. The summed E-state index contributed by atoms with van der Waals surface area (Å²) in [6.07, 6.45) is -0.336. The number of nitrogens with zero attached hydrogens (tertiary/aromatic N) is 2. The monoisotopic (exact) mass is 689 g/mol. The van der Waals surface area contributed by atoms with Crippen LogP contribution in [-0.4, -0.2) is 11.7 Å². The lowest BCUT2D eigenvalue weighted by Gasteiger charge is -2.24. The summed E-state index contributed by atoms with van der Waals surface area (Å²) >= 11 is 3.67. The molecule has 240 valence electrons. The molecule has 0 spiro atoms. The maximum absolute atomic E-state index is 6.69. The number of para-hydroxylation sites is 1. The molecule has 0 saturated carbocycles. The second-order valence-corrected chi connectivity index (χ2v) is 15.0. The topological polar surface area (TPSA) is 49.9 Å². The van der Waals surface area contributed by atoms with Gasteiger partial charge in [-0.25, -0.2) is 9.98 Å². The highest BCUT2D eigenvalue weighted by molar-refractivity contribution is 7.26. The minimum Gasteiger partial charge on any atom is -0.455 e. The average Bonchev–Trinajstić information content (AvgIpc) is 3.89. The van der Waals surface area contributed by atoms with Crippen molar-refractivity contribution < 1.29 is 4.42 Å². The predicted octanol–water partition coefficient (Wildman–Crippen LogP) is 12.5. The fourth-order valence-corrected chi connectivity index (χ4v) is 10.1. The van der Waals surface area contributed by atoms with E-state index in [1.807, 2.05) is 40.9 Å². The van der Waals surface area contributed by atoms with Crippen LogP contribution in [-0.2, 0) is 0 Å². The van der Waals surface area contributed by atoms with E-state index in [1.54, 1.807) is 0 Å². The molecule has 0 amide bonds. The van der Waals surface area contributed by atoms with Crippen molar-refractivity contribution in [1.29, 1.82) is 0 Å². The van der Waals surface area contributed by atoms with E-state index in [2.05, 4.69) is 139 Å². The number of hydrogen-bond acceptors (Lipinski definition) is 6. The first-order chi connectivity index (χ1) is 25.3. The number of rotatable bonds is 4. The number of aliphatic imine (C=N–C) groups is 2. The Morgan fingerprint density at radius 2 is 1.16 bits per heavy atom. The van der Waals surface area contributed by atoms with Gasteiger partial charge in [0, 0.05) is 62.2 Å². The van der Waals surface area contributed by atoms with E-state index < -0.39 is 0 Å². The molecule has 10 aromatic rings. The van der Waals surface area contributed by atoms with Gasteiger partial charge in [0.05, 0.1) is 5.56 Å². The third kappa shape index (κ3) is 4.50. The molecule has 1 N–H and O–H groups in total. The van der Waals surface area contributed by atoms with Crippen LogP contribution in [0.5, 0.6) is 0 Å². The van der Waals surface area contributed by atoms with Crippen LogP contribution in [0.15, 0.2) is 166 Å². The number of benzene rings is 7. The van der Waals surface area contributed by atoms with E-state index in [4.69, 9.17) is 14.4 Å². The third-order valence-corrected chi connectivity index (χ3v) is 12.4. The summed E-state index contributed by atoms with van der Waals surface area (Å²) in [6.45, 7) is 0. The van der Waals surface area contributed by atoms with Gasteiger partial charge in [0.15, 0.2) is 5.84 Å². The van der Waals surface area contributed by atoms with Gasteiger partial charge in [0.25, 0.3) is 0 Å². The lowest BCUT2D eigenvalue weighted by molar-refractivity contribution is 0.664. The molecule has 0 aliphatic carbocycles. The Morgan fingerprint density at radius 3 is 1.96 bits per heavy atom. The highest BCUT2D eigenvalue weighted by Gasteiger charge is 2.25. The zero-order chi connectivity index (χ0) is 33.5. The highest BCUT2D eigenvalue weighted by atomic mass is 32.1. The molecule has 0 radical (unpaired) electrons. The molecule has 6 heteroatoms. The van der Waals surface area contributed by atoms with Crippen LogP contribution in [0.25, 0.3) is 73.4 Å². The Kier molecular flexibility index (Phi) is 6.32. The average molecular weight is 690 g/mol. The fraction of sp³-hybridized carbons (Fsp3) is 0.0222. The van der Waals surface area contributed by atoms with Crippen molar-refractivity contribution in [1.82, 2.24) is 5.32 Å². The van der Waals surface area contributed by atoms with Crippen molar-refractivity contribution in [3.63, 3.8) is 0 Å². The van der Waals surface area contributed by atoms with Crippen molar-refractivity contribution in [2.45, 2.75) is 6.17 Å². The van der Waals surface area contributed by atoms with Gasteiger partial charge >= 0.3 is 0 Å². The molecule has 0 saturated heterocycles. The first-order valence-electron chi connectivity index (χ1n) is 17.0. The van der Waals surface area contributed by atoms with Gasteiger partial charge in [-0.05, 0) is 41.5 Å². The van der Waals surface area contributed by atoms with Crippen LogP contribution < -0.4 is 5.32 Å². The van der Waals surface area contributed by atoms with Crippen LogP contribution in [0, 0.1) is 0 Å². The normalized spacial score (nSPS) is 14.9. The number of fused-ring (bicyclic) bond motifs is 9. The number of nitrogens with one attached hydrogen (secondary N) is 1. The number of thiophene rings is 2. The van der Waals surface area contributed by atoms with Crippen LogP contribution in [0.3, 0.4) is 0 Å². The maximum Gasteiger partial charge on any atom is 0.163 e. The number of furan rings is 1. The van der Waals surface area contributed by atoms with Crippen LogP contribution in [0.4, 0.5) is 0 Å². The second kappa shape index (κ2) is 11.2. The number of hydrogen-bond donors (Lipinski definition) is 1. The lowest BCUT2D eigenvalue weighted by atomic mass is 10.00. The molecule has 1 atom stereocenters. The van der Waals surface area contributed by atoms with Gasteiger partial charge in [-0.2, -0.15) is 0 Å². The minimum absolute atomic E-state index is 0.336. The summed E-state index contributed by atoms with van der Waals surface area (Å²) in [4.78, 5) is 10.5. The first kappa shape index (κ1) is 28.7. The SMILES string of the molecule is c1ccc(C2=NC(c3cccc4c3oc3ccc(-c5cccc6c5sc5ccccc56)cc34)=NC(c3cccc4c3sc3ccccc34)N2)cc1. The molecule has 0 fully saturated rings. The van der Waals surface area contributed by atoms with Crippen LogP contribution in [0.1, 0.15) is 22.9 Å². The van der Waals surface area contributed by atoms with Gasteiger partial charge in [-0.1, -0.05) is 121 Å².